The molecule has 8 nitrogen and oxygen atoms in total. The number of rotatable bonds is 5. The quantitative estimate of drug-likeness (QED) is 0.381. The Labute approximate surface area is 163 Å². The first kappa shape index (κ1) is 19.3. The van der Waals surface area contributed by atoms with Crippen molar-refractivity contribution in [1.82, 2.24) is 0 Å². The molecule has 3 aromatic rings. The fraction of sp³-hybridized carbons (Fsp3) is 0.158. The molecule has 0 atom stereocenters. The highest BCUT2D eigenvalue weighted by atomic mass is 32.1. The highest BCUT2D eigenvalue weighted by Crippen LogP contribution is 2.33. The van der Waals surface area contributed by atoms with Gasteiger partial charge in [0.1, 0.15) is 10.8 Å². The van der Waals surface area contributed by atoms with Crippen molar-refractivity contribution in [3.8, 4) is 11.3 Å². The number of carbonyl (C=O) groups is 2. The molecular weight excluding hydrogens is 384 g/mol. The van der Waals surface area contributed by atoms with Crippen LogP contribution in [0, 0.1) is 24.0 Å². The van der Waals surface area contributed by atoms with Crippen LogP contribution in [0.3, 0.4) is 0 Å². The monoisotopic (exact) mass is 400 g/mol. The molecule has 0 aliphatic heterocycles. The van der Waals surface area contributed by atoms with Gasteiger partial charge in [-0.25, -0.2) is 4.79 Å². The maximum atomic E-state index is 12.6. The average Bonchev–Trinajstić information content (AvgIpc) is 3.27. The Hall–Kier alpha value is -3.46. The molecule has 2 heterocycles. The van der Waals surface area contributed by atoms with E-state index in [9.17, 15) is 19.7 Å². The number of nitrogens with one attached hydrogen (secondary N) is 1. The van der Waals surface area contributed by atoms with E-state index in [4.69, 9.17) is 9.15 Å². The predicted molar refractivity (Wildman–Crippen MR) is 104 cm³/mol. The minimum absolute atomic E-state index is 0.0148. The second kappa shape index (κ2) is 7.65. The number of hydrogen-bond acceptors (Lipinski definition) is 7. The van der Waals surface area contributed by atoms with Crippen LogP contribution in [0.4, 0.5) is 10.7 Å². The Morgan fingerprint density at radius 1 is 1.21 bits per heavy atom. The molecular formula is C19H16N2O6S. The first-order valence-electron chi connectivity index (χ1n) is 8.16. The number of nitrogens with zero attached hydrogens (tertiary/aromatic N) is 1. The Bertz CT molecular complexity index is 1080. The molecule has 9 heteroatoms. The number of non-ortho nitro benzene ring substituents is 1. The molecule has 1 amide bonds. The lowest BCUT2D eigenvalue weighted by atomic mass is 10.1. The van der Waals surface area contributed by atoms with Crippen LogP contribution >= 0.6 is 11.3 Å². The van der Waals surface area contributed by atoms with E-state index in [1.54, 1.807) is 19.1 Å². The predicted octanol–water partition coefficient (Wildman–Crippen LogP) is 4.57. The highest BCUT2D eigenvalue weighted by Gasteiger charge is 2.23. The van der Waals surface area contributed by atoms with E-state index in [2.05, 4.69) is 5.32 Å². The second-order valence-electron chi connectivity index (χ2n) is 5.90. The van der Waals surface area contributed by atoms with Gasteiger partial charge in [0, 0.05) is 22.6 Å². The standard InChI is InChI=1S/C19H16N2O6S/c1-10-11(2)28-18(16(10)19(23)26-3)20-17(22)15-8-7-14(27-15)12-5-4-6-13(9-12)21(24)25/h4-9H,1-3H3,(H,20,22). The van der Waals surface area contributed by atoms with Crippen LogP contribution < -0.4 is 5.32 Å². The Morgan fingerprint density at radius 3 is 2.64 bits per heavy atom. The summed E-state index contributed by atoms with van der Waals surface area (Å²) in [7, 11) is 1.28. The van der Waals surface area contributed by atoms with Crippen molar-refractivity contribution in [2.45, 2.75) is 13.8 Å². The number of ether oxygens (including phenoxy) is 1. The minimum Gasteiger partial charge on any atom is -0.465 e. The van der Waals surface area contributed by atoms with Crippen LogP contribution in [0.25, 0.3) is 11.3 Å². The van der Waals surface area contributed by atoms with Crippen molar-refractivity contribution >= 4 is 33.9 Å². The number of benzene rings is 1. The van der Waals surface area contributed by atoms with E-state index >= 15 is 0 Å². The zero-order chi connectivity index (χ0) is 20.4. The number of aryl methyl sites for hydroxylation is 1. The SMILES string of the molecule is COC(=O)c1c(NC(=O)c2ccc(-c3cccc([N+](=O)[O-])c3)o2)sc(C)c1C. The summed E-state index contributed by atoms with van der Waals surface area (Å²) in [5, 5.41) is 14.0. The van der Waals surface area contributed by atoms with Gasteiger partial charge in [-0.1, -0.05) is 12.1 Å². The fourth-order valence-electron chi connectivity index (χ4n) is 2.62. The molecule has 28 heavy (non-hydrogen) atoms. The third kappa shape index (κ3) is 3.65. The van der Waals surface area contributed by atoms with Gasteiger partial charge in [0.15, 0.2) is 5.76 Å². The molecule has 1 N–H and O–H groups in total. The third-order valence-electron chi connectivity index (χ3n) is 4.17. The molecule has 1 aromatic carbocycles. The smallest absolute Gasteiger partial charge is 0.341 e. The van der Waals surface area contributed by atoms with Gasteiger partial charge in [0.2, 0.25) is 0 Å². The van der Waals surface area contributed by atoms with Gasteiger partial charge in [-0.15, -0.1) is 11.3 Å². The molecule has 0 saturated heterocycles. The summed E-state index contributed by atoms with van der Waals surface area (Å²) >= 11 is 1.27. The number of esters is 1. The van der Waals surface area contributed by atoms with E-state index in [1.165, 1.54) is 42.7 Å². The van der Waals surface area contributed by atoms with E-state index in [0.29, 0.717) is 21.9 Å². The third-order valence-corrected chi connectivity index (χ3v) is 5.30. The summed E-state index contributed by atoms with van der Waals surface area (Å²) in [6.07, 6.45) is 0. The lowest BCUT2D eigenvalue weighted by Gasteiger charge is -2.04. The summed E-state index contributed by atoms with van der Waals surface area (Å²) < 4.78 is 10.3. The Kier molecular flexibility index (Phi) is 5.27. The van der Waals surface area contributed by atoms with E-state index in [-0.39, 0.29) is 11.4 Å². The van der Waals surface area contributed by atoms with Crippen molar-refractivity contribution in [2.75, 3.05) is 12.4 Å². The molecule has 0 aliphatic rings. The molecule has 0 bridgehead atoms. The van der Waals surface area contributed by atoms with Crippen LogP contribution in [-0.4, -0.2) is 23.9 Å². The number of thiophene rings is 1. The van der Waals surface area contributed by atoms with Crippen molar-refractivity contribution in [2.24, 2.45) is 0 Å². The maximum absolute atomic E-state index is 12.6. The average molecular weight is 400 g/mol. The van der Waals surface area contributed by atoms with E-state index < -0.39 is 16.8 Å². The number of nitro benzene ring substituents is 1. The van der Waals surface area contributed by atoms with E-state index in [1.807, 2.05) is 6.92 Å². The van der Waals surface area contributed by atoms with Gasteiger partial charge < -0.3 is 14.5 Å². The fourth-order valence-corrected chi connectivity index (χ4v) is 3.66. The summed E-state index contributed by atoms with van der Waals surface area (Å²) in [5.74, 6) is -0.737. The van der Waals surface area contributed by atoms with Crippen LogP contribution in [0.1, 0.15) is 31.4 Å². The normalized spacial score (nSPS) is 10.5. The molecule has 144 valence electrons. The number of carbonyl (C=O) groups excluding carboxylic acids is 2. The van der Waals surface area contributed by atoms with Crippen LogP contribution in [0.5, 0.6) is 0 Å². The largest absolute Gasteiger partial charge is 0.465 e. The van der Waals surface area contributed by atoms with Crippen LogP contribution in [0.2, 0.25) is 0 Å². The lowest BCUT2D eigenvalue weighted by Crippen LogP contribution is -2.13. The first-order valence-corrected chi connectivity index (χ1v) is 8.97. The summed E-state index contributed by atoms with van der Waals surface area (Å²) in [6.45, 7) is 3.62. The van der Waals surface area contributed by atoms with Gasteiger partial charge in [-0.05, 0) is 31.5 Å². The molecule has 0 fully saturated rings. The topological polar surface area (TPSA) is 112 Å². The summed E-state index contributed by atoms with van der Waals surface area (Å²) in [6, 6.07) is 8.94. The number of furan rings is 1. The lowest BCUT2D eigenvalue weighted by molar-refractivity contribution is -0.384. The number of hydrogen-bond donors (Lipinski definition) is 1. The number of methoxy groups -OCH3 is 1. The first-order chi connectivity index (χ1) is 13.3. The van der Waals surface area contributed by atoms with Gasteiger partial charge in [0.05, 0.1) is 17.6 Å². The van der Waals surface area contributed by atoms with Gasteiger partial charge in [-0.3, -0.25) is 14.9 Å². The molecule has 0 radical (unpaired) electrons. The highest BCUT2D eigenvalue weighted by molar-refractivity contribution is 7.16. The summed E-state index contributed by atoms with van der Waals surface area (Å²) in [4.78, 5) is 35.9. The zero-order valence-corrected chi connectivity index (χ0v) is 16.1. The van der Waals surface area contributed by atoms with Crippen molar-refractivity contribution in [1.29, 1.82) is 0 Å². The molecule has 0 saturated carbocycles. The molecule has 3 rings (SSSR count). The van der Waals surface area contributed by atoms with Gasteiger partial charge in [-0.2, -0.15) is 0 Å². The molecule has 0 spiro atoms. The number of anilines is 1. The number of nitro groups is 1. The van der Waals surface area contributed by atoms with Gasteiger partial charge >= 0.3 is 5.97 Å². The minimum atomic E-state index is -0.539. The van der Waals surface area contributed by atoms with Crippen LogP contribution in [0.15, 0.2) is 40.8 Å². The van der Waals surface area contributed by atoms with Crippen LogP contribution in [-0.2, 0) is 4.74 Å². The maximum Gasteiger partial charge on any atom is 0.341 e. The number of amides is 1. The van der Waals surface area contributed by atoms with Gasteiger partial charge in [0.25, 0.3) is 11.6 Å². The van der Waals surface area contributed by atoms with Crippen molar-refractivity contribution in [3.05, 3.63) is 68.3 Å². The van der Waals surface area contributed by atoms with Crippen molar-refractivity contribution in [3.63, 3.8) is 0 Å². The second-order valence-corrected chi connectivity index (χ2v) is 7.13. The summed E-state index contributed by atoms with van der Waals surface area (Å²) in [5.41, 5.74) is 1.45. The molecule has 0 unspecified atom stereocenters. The van der Waals surface area contributed by atoms with E-state index in [0.717, 1.165) is 10.4 Å². The van der Waals surface area contributed by atoms with Crippen molar-refractivity contribution < 1.29 is 23.7 Å². The Morgan fingerprint density at radius 2 is 1.96 bits per heavy atom. The zero-order valence-electron chi connectivity index (χ0n) is 15.3. The molecule has 2 aromatic heterocycles. The molecule has 0 aliphatic carbocycles. The Balaban J connectivity index is 1.86.